The van der Waals surface area contributed by atoms with E-state index in [1.54, 1.807) is 0 Å². The molecule has 1 N–H and O–H groups in total. The van der Waals surface area contributed by atoms with Gasteiger partial charge in [0, 0.05) is 46.4 Å². The van der Waals surface area contributed by atoms with E-state index in [-0.39, 0.29) is 0 Å². The van der Waals surface area contributed by atoms with Crippen LogP contribution in [-0.4, -0.2) is 22.2 Å². The summed E-state index contributed by atoms with van der Waals surface area (Å²) in [5, 5.41) is 2.56. The largest absolute Gasteiger partial charge is 0.357 e. The van der Waals surface area contributed by atoms with Gasteiger partial charge in [0.05, 0.1) is 11.0 Å². The van der Waals surface area contributed by atoms with Gasteiger partial charge < -0.3 is 4.98 Å². The molecule has 0 fully saturated rings. The van der Waals surface area contributed by atoms with Crippen LogP contribution in [0.4, 0.5) is 0 Å². The van der Waals surface area contributed by atoms with Crippen molar-refractivity contribution in [1.29, 1.82) is 0 Å². The van der Waals surface area contributed by atoms with Gasteiger partial charge in [0.2, 0.25) is 0 Å². The van der Waals surface area contributed by atoms with E-state index in [9.17, 15) is 0 Å². The van der Waals surface area contributed by atoms with Gasteiger partial charge in [-0.3, -0.25) is 9.98 Å². The van der Waals surface area contributed by atoms with Crippen LogP contribution in [0, 0.1) is 5.92 Å². The highest BCUT2D eigenvalue weighted by Crippen LogP contribution is 2.37. The summed E-state index contributed by atoms with van der Waals surface area (Å²) in [6.07, 6.45) is 8.12. The molecule has 0 saturated carbocycles. The van der Waals surface area contributed by atoms with Crippen molar-refractivity contribution in [1.82, 2.24) is 9.97 Å². The summed E-state index contributed by atoms with van der Waals surface area (Å²) in [6, 6.07) is 8.56. The molecule has 3 heterocycles. The summed E-state index contributed by atoms with van der Waals surface area (Å²) in [6.45, 7) is 0.993. The lowest BCUT2D eigenvalue weighted by atomic mass is 9.82. The highest BCUT2D eigenvalue weighted by molar-refractivity contribution is 6.18. The van der Waals surface area contributed by atoms with Crippen LogP contribution in [0.15, 0.2) is 35.5 Å². The first-order chi connectivity index (χ1) is 10.9. The molecule has 1 aliphatic carbocycles. The number of benzene rings is 1. The SMILES string of the molecule is c1cnc2ccc3c4c([nH]c3c2c1)CCC1CCCCN=C41. The lowest BCUT2D eigenvalue weighted by Crippen LogP contribution is -2.22. The smallest absolute Gasteiger partial charge is 0.0723 e. The van der Waals surface area contributed by atoms with E-state index >= 15 is 0 Å². The number of H-pyrrole nitrogens is 1. The Morgan fingerprint density at radius 1 is 1.05 bits per heavy atom. The van der Waals surface area contributed by atoms with E-state index in [2.05, 4.69) is 28.2 Å². The highest BCUT2D eigenvalue weighted by Gasteiger charge is 2.29. The van der Waals surface area contributed by atoms with Crippen molar-refractivity contribution < 1.29 is 0 Å². The summed E-state index contributed by atoms with van der Waals surface area (Å²) in [5.41, 5.74) is 6.45. The number of nitrogens with one attached hydrogen (secondary N) is 1. The predicted octanol–water partition coefficient (Wildman–Crippen LogP) is 4.25. The number of pyridine rings is 1. The molecule has 2 aromatic heterocycles. The van der Waals surface area contributed by atoms with Crippen molar-refractivity contribution in [3.63, 3.8) is 0 Å². The predicted molar refractivity (Wildman–Crippen MR) is 90.7 cm³/mol. The third kappa shape index (κ3) is 1.68. The van der Waals surface area contributed by atoms with Gasteiger partial charge in [-0.1, -0.05) is 6.42 Å². The number of aliphatic imine (C=N–C) groups is 1. The van der Waals surface area contributed by atoms with Gasteiger partial charge in [-0.15, -0.1) is 0 Å². The molecule has 110 valence electrons. The fourth-order valence-electron chi connectivity index (χ4n) is 4.20. The maximum atomic E-state index is 4.97. The first kappa shape index (κ1) is 12.4. The van der Waals surface area contributed by atoms with Crippen LogP contribution in [-0.2, 0) is 6.42 Å². The molecule has 3 heteroatoms. The fraction of sp³-hybridized carbons (Fsp3) is 0.368. The number of nitrogens with zero attached hydrogens (tertiary/aromatic N) is 2. The van der Waals surface area contributed by atoms with Crippen LogP contribution < -0.4 is 0 Å². The van der Waals surface area contributed by atoms with Crippen molar-refractivity contribution >= 4 is 27.5 Å². The van der Waals surface area contributed by atoms with Gasteiger partial charge in [0.15, 0.2) is 0 Å². The van der Waals surface area contributed by atoms with Crippen molar-refractivity contribution in [3.05, 3.63) is 41.7 Å². The van der Waals surface area contributed by atoms with Gasteiger partial charge in [-0.2, -0.15) is 0 Å². The van der Waals surface area contributed by atoms with Gasteiger partial charge in [-0.05, 0) is 49.9 Å². The molecule has 1 aliphatic heterocycles. The lowest BCUT2D eigenvalue weighted by Gasteiger charge is -2.23. The Kier molecular flexibility index (Phi) is 2.63. The molecule has 3 aromatic rings. The Balaban J connectivity index is 1.83. The summed E-state index contributed by atoms with van der Waals surface area (Å²) in [5.74, 6) is 0.665. The monoisotopic (exact) mass is 289 g/mol. The first-order valence-corrected chi connectivity index (χ1v) is 8.35. The van der Waals surface area contributed by atoms with E-state index in [4.69, 9.17) is 4.99 Å². The van der Waals surface area contributed by atoms with Crippen molar-refractivity contribution in [3.8, 4) is 0 Å². The highest BCUT2D eigenvalue weighted by atomic mass is 14.8. The van der Waals surface area contributed by atoms with E-state index < -0.39 is 0 Å². The molecular formula is C19H19N3. The number of hydrogen-bond donors (Lipinski definition) is 1. The van der Waals surface area contributed by atoms with Crippen LogP contribution in [0.1, 0.15) is 36.9 Å². The van der Waals surface area contributed by atoms with Crippen LogP contribution >= 0.6 is 0 Å². The zero-order valence-corrected chi connectivity index (χ0v) is 12.6. The molecule has 1 atom stereocenters. The van der Waals surface area contributed by atoms with Crippen LogP contribution in [0.2, 0.25) is 0 Å². The Morgan fingerprint density at radius 2 is 2.05 bits per heavy atom. The molecule has 0 spiro atoms. The molecular weight excluding hydrogens is 270 g/mol. The summed E-state index contributed by atoms with van der Waals surface area (Å²) in [7, 11) is 0. The molecule has 0 radical (unpaired) electrons. The lowest BCUT2D eigenvalue weighted by molar-refractivity contribution is 0.543. The minimum Gasteiger partial charge on any atom is -0.357 e. The molecule has 0 bridgehead atoms. The molecule has 0 amide bonds. The number of aromatic nitrogens is 2. The van der Waals surface area contributed by atoms with Gasteiger partial charge in [-0.25, -0.2) is 0 Å². The molecule has 2 aliphatic rings. The molecule has 22 heavy (non-hydrogen) atoms. The van der Waals surface area contributed by atoms with E-state index in [1.165, 1.54) is 58.9 Å². The second-order valence-corrected chi connectivity index (χ2v) is 6.54. The zero-order chi connectivity index (χ0) is 14.5. The van der Waals surface area contributed by atoms with Crippen molar-refractivity contribution in [2.45, 2.75) is 32.1 Å². The minimum absolute atomic E-state index is 0.665. The van der Waals surface area contributed by atoms with E-state index in [0.717, 1.165) is 18.5 Å². The quantitative estimate of drug-likeness (QED) is 0.660. The average Bonchev–Trinajstić information content (AvgIpc) is 2.78. The number of aromatic amines is 1. The molecule has 5 rings (SSSR count). The van der Waals surface area contributed by atoms with E-state index in [1.807, 2.05) is 12.3 Å². The Labute approximate surface area is 129 Å². The molecule has 3 nitrogen and oxygen atoms in total. The number of hydrogen-bond acceptors (Lipinski definition) is 2. The van der Waals surface area contributed by atoms with Gasteiger partial charge in [0.25, 0.3) is 0 Å². The number of aryl methyl sites for hydroxylation is 1. The van der Waals surface area contributed by atoms with Crippen LogP contribution in [0.25, 0.3) is 21.8 Å². The summed E-state index contributed by atoms with van der Waals surface area (Å²) in [4.78, 5) is 13.1. The Bertz CT molecular complexity index is 904. The van der Waals surface area contributed by atoms with Crippen molar-refractivity contribution in [2.24, 2.45) is 10.9 Å². The maximum Gasteiger partial charge on any atom is 0.0723 e. The third-order valence-corrected chi connectivity index (χ3v) is 5.26. The second kappa shape index (κ2) is 4.67. The standard InChI is InChI=1S/C19H19N3/c1-2-10-21-18-12(4-1)6-8-16-17(18)14-7-9-15-13(19(14)22-16)5-3-11-20-15/h3,5,7,9,11-12,22H,1-2,4,6,8,10H2. The van der Waals surface area contributed by atoms with E-state index in [0.29, 0.717) is 5.92 Å². The van der Waals surface area contributed by atoms with Crippen molar-refractivity contribution in [2.75, 3.05) is 6.54 Å². The third-order valence-electron chi connectivity index (χ3n) is 5.26. The maximum absolute atomic E-state index is 4.97. The minimum atomic E-state index is 0.665. The second-order valence-electron chi connectivity index (χ2n) is 6.54. The average molecular weight is 289 g/mol. The van der Waals surface area contributed by atoms with Crippen LogP contribution in [0.3, 0.4) is 0 Å². The molecule has 0 saturated heterocycles. The number of rotatable bonds is 0. The Morgan fingerprint density at radius 3 is 3.05 bits per heavy atom. The van der Waals surface area contributed by atoms with Gasteiger partial charge in [0.1, 0.15) is 0 Å². The molecule has 1 unspecified atom stereocenters. The summed E-state index contributed by atoms with van der Waals surface area (Å²) < 4.78 is 0. The zero-order valence-electron chi connectivity index (χ0n) is 12.6. The van der Waals surface area contributed by atoms with Crippen LogP contribution in [0.5, 0.6) is 0 Å². The fourth-order valence-corrected chi connectivity index (χ4v) is 4.20. The van der Waals surface area contributed by atoms with Gasteiger partial charge >= 0.3 is 0 Å². The topological polar surface area (TPSA) is 41.0 Å². The Hall–Kier alpha value is -2.16. The first-order valence-electron chi connectivity index (χ1n) is 8.35. The number of fused-ring (bicyclic) bond motifs is 7. The normalized spacial score (nSPS) is 21.3. The summed E-state index contributed by atoms with van der Waals surface area (Å²) >= 11 is 0. The molecule has 1 aromatic carbocycles.